The number of hydrogen-bond donors (Lipinski definition) is 2. The van der Waals surface area contributed by atoms with Gasteiger partial charge in [0.1, 0.15) is 6.10 Å². The number of anilines is 1. The Morgan fingerprint density at radius 1 is 1.43 bits per heavy atom. The molecule has 5 nitrogen and oxygen atoms in total. The van der Waals surface area contributed by atoms with E-state index in [1.807, 2.05) is 37.3 Å². The van der Waals surface area contributed by atoms with Crippen molar-refractivity contribution in [2.24, 2.45) is 5.73 Å². The number of pyridine rings is 1. The predicted molar refractivity (Wildman–Crippen MR) is 82.1 cm³/mol. The van der Waals surface area contributed by atoms with E-state index >= 15 is 0 Å². The quantitative estimate of drug-likeness (QED) is 0.904. The Hall–Kier alpha value is -1.98. The van der Waals surface area contributed by atoms with Crippen LogP contribution in [-0.4, -0.2) is 29.6 Å². The maximum Gasteiger partial charge on any atom is 0.253 e. The molecule has 0 aliphatic carbocycles. The molecule has 1 saturated heterocycles. The number of nitrogens with zero attached hydrogens (tertiary/aromatic N) is 1. The summed E-state index contributed by atoms with van der Waals surface area (Å²) in [5.41, 5.74) is 8.10. The highest BCUT2D eigenvalue weighted by atomic mass is 16.5. The lowest BCUT2D eigenvalue weighted by molar-refractivity contribution is -0.126. The molecule has 1 aromatic carbocycles. The van der Waals surface area contributed by atoms with Gasteiger partial charge >= 0.3 is 0 Å². The van der Waals surface area contributed by atoms with Crippen LogP contribution in [0.2, 0.25) is 0 Å². The average molecular weight is 285 g/mol. The van der Waals surface area contributed by atoms with Crippen LogP contribution >= 0.6 is 0 Å². The maximum atomic E-state index is 12.3. The number of hydrogen-bond acceptors (Lipinski definition) is 4. The monoisotopic (exact) mass is 285 g/mol. The van der Waals surface area contributed by atoms with Crippen molar-refractivity contribution in [2.45, 2.75) is 32.0 Å². The van der Waals surface area contributed by atoms with Crippen molar-refractivity contribution in [3.05, 3.63) is 36.0 Å². The summed E-state index contributed by atoms with van der Waals surface area (Å²) in [7, 11) is 0. The second kappa shape index (κ2) is 5.79. The molecular formula is C16H19N3O2. The van der Waals surface area contributed by atoms with Crippen LogP contribution in [0.1, 0.15) is 18.5 Å². The first-order valence-corrected chi connectivity index (χ1v) is 7.20. The molecule has 3 N–H and O–H groups in total. The lowest BCUT2D eigenvalue weighted by Gasteiger charge is -2.14. The molecule has 0 bridgehead atoms. The summed E-state index contributed by atoms with van der Waals surface area (Å²) in [6, 6.07) is 9.65. The van der Waals surface area contributed by atoms with Gasteiger partial charge in [-0.2, -0.15) is 0 Å². The maximum absolute atomic E-state index is 12.3. The van der Waals surface area contributed by atoms with Gasteiger partial charge < -0.3 is 15.8 Å². The van der Waals surface area contributed by atoms with Crippen LogP contribution in [0.3, 0.4) is 0 Å². The Balaban J connectivity index is 1.83. The number of carbonyl (C=O) groups is 1. The highest BCUT2D eigenvalue weighted by molar-refractivity contribution is 6.02. The van der Waals surface area contributed by atoms with Gasteiger partial charge in [0.15, 0.2) is 0 Å². The van der Waals surface area contributed by atoms with Crippen molar-refractivity contribution >= 4 is 22.5 Å². The number of nitrogens with one attached hydrogen (secondary N) is 1. The van der Waals surface area contributed by atoms with Crippen molar-refractivity contribution in [2.75, 3.05) is 11.9 Å². The van der Waals surface area contributed by atoms with E-state index in [1.165, 1.54) is 0 Å². The SMILES string of the molecule is Cc1cc(NC(=O)C2CCC(CN)O2)c2ccccc2n1. The minimum Gasteiger partial charge on any atom is -0.364 e. The molecule has 1 amide bonds. The van der Waals surface area contributed by atoms with Crippen LogP contribution in [0.4, 0.5) is 5.69 Å². The number of fused-ring (bicyclic) bond motifs is 1. The van der Waals surface area contributed by atoms with Crippen LogP contribution in [0.15, 0.2) is 30.3 Å². The molecule has 2 unspecified atom stereocenters. The molecule has 110 valence electrons. The number of aryl methyl sites for hydroxylation is 1. The highest BCUT2D eigenvalue weighted by Gasteiger charge is 2.30. The zero-order chi connectivity index (χ0) is 14.8. The van der Waals surface area contributed by atoms with Gasteiger partial charge in [-0.15, -0.1) is 0 Å². The number of benzene rings is 1. The van der Waals surface area contributed by atoms with E-state index in [1.54, 1.807) is 0 Å². The standard InChI is InChI=1S/C16H19N3O2/c1-10-8-14(12-4-2-3-5-13(12)18-10)19-16(20)15-7-6-11(9-17)21-15/h2-5,8,11,15H,6-7,9,17H2,1H3,(H,18,19,20). The van der Waals surface area contributed by atoms with E-state index in [0.717, 1.165) is 35.1 Å². The summed E-state index contributed by atoms with van der Waals surface area (Å²) >= 11 is 0. The normalized spacial score (nSPS) is 21.6. The molecular weight excluding hydrogens is 266 g/mol. The molecule has 1 fully saturated rings. The summed E-state index contributed by atoms with van der Waals surface area (Å²) in [6.07, 6.45) is 1.14. The van der Waals surface area contributed by atoms with Crippen molar-refractivity contribution in [3.63, 3.8) is 0 Å². The van der Waals surface area contributed by atoms with Crippen molar-refractivity contribution < 1.29 is 9.53 Å². The van der Waals surface area contributed by atoms with Gasteiger partial charge in [-0.05, 0) is 31.9 Å². The van der Waals surface area contributed by atoms with Gasteiger partial charge in [0, 0.05) is 17.6 Å². The van der Waals surface area contributed by atoms with Gasteiger partial charge in [-0.25, -0.2) is 0 Å². The number of ether oxygens (including phenoxy) is 1. The highest BCUT2D eigenvalue weighted by Crippen LogP contribution is 2.25. The number of aromatic nitrogens is 1. The first kappa shape index (κ1) is 14.0. The molecule has 21 heavy (non-hydrogen) atoms. The Bertz CT molecular complexity index is 672. The van der Waals surface area contributed by atoms with Crippen LogP contribution in [0.5, 0.6) is 0 Å². The van der Waals surface area contributed by atoms with E-state index in [4.69, 9.17) is 10.5 Å². The topological polar surface area (TPSA) is 77.2 Å². The third-order valence-corrected chi connectivity index (χ3v) is 3.76. The third kappa shape index (κ3) is 2.89. The first-order valence-electron chi connectivity index (χ1n) is 7.20. The molecule has 5 heteroatoms. The van der Waals surface area contributed by atoms with Crippen LogP contribution in [0.25, 0.3) is 10.9 Å². The molecule has 2 aromatic rings. The summed E-state index contributed by atoms with van der Waals surface area (Å²) < 4.78 is 5.63. The van der Waals surface area contributed by atoms with Crippen molar-refractivity contribution in [1.29, 1.82) is 0 Å². The Kier molecular flexibility index (Phi) is 3.86. The number of carbonyl (C=O) groups excluding carboxylic acids is 1. The molecule has 0 spiro atoms. The van der Waals surface area contributed by atoms with E-state index in [0.29, 0.717) is 6.54 Å². The fourth-order valence-corrected chi connectivity index (χ4v) is 2.70. The van der Waals surface area contributed by atoms with E-state index < -0.39 is 6.10 Å². The minimum absolute atomic E-state index is 0.00308. The van der Waals surface area contributed by atoms with Crippen molar-refractivity contribution in [3.8, 4) is 0 Å². The van der Waals surface area contributed by atoms with E-state index in [2.05, 4.69) is 10.3 Å². The Morgan fingerprint density at radius 2 is 2.24 bits per heavy atom. The predicted octanol–water partition coefficient (Wildman–Crippen LogP) is 1.99. The number of nitrogens with two attached hydrogens (primary N) is 1. The number of amides is 1. The van der Waals surface area contributed by atoms with Gasteiger partial charge in [-0.1, -0.05) is 18.2 Å². The molecule has 2 atom stereocenters. The summed E-state index contributed by atoms with van der Waals surface area (Å²) in [5, 5.41) is 3.90. The largest absolute Gasteiger partial charge is 0.364 e. The lowest BCUT2D eigenvalue weighted by Crippen LogP contribution is -2.29. The zero-order valence-corrected chi connectivity index (χ0v) is 12.0. The van der Waals surface area contributed by atoms with Crippen LogP contribution in [-0.2, 0) is 9.53 Å². The molecule has 0 radical (unpaired) electrons. The summed E-state index contributed by atoms with van der Waals surface area (Å²) in [4.78, 5) is 16.8. The second-order valence-corrected chi connectivity index (χ2v) is 5.38. The van der Waals surface area contributed by atoms with E-state index in [-0.39, 0.29) is 12.0 Å². The zero-order valence-electron chi connectivity index (χ0n) is 12.0. The third-order valence-electron chi connectivity index (χ3n) is 3.76. The lowest BCUT2D eigenvalue weighted by atomic mass is 10.1. The Morgan fingerprint density at radius 3 is 3.00 bits per heavy atom. The molecule has 1 aliphatic rings. The molecule has 3 rings (SSSR count). The van der Waals surface area contributed by atoms with Gasteiger partial charge in [0.2, 0.25) is 0 Å². The number of rotatable bonds is 3. The summed E-state index contributed by atoms with van der Waals surface area (Å²) in [6.45, 7) is 2.37. The molecule has 2 heterocycles. The van der Waals surface area contributed by atoms with Crippen LogP contribution in [0, 0.1) is 6.92 Å². The smallest absolute Gasteiger partial charge is 0.253 e. The fourth-order valence-electron chi connectivity index (χ4n) is 2.70. The van der Waals surface area contributed by atoms with Gasteiger partial charge in [0.25, 0.3) is 5.91 Å². The second-order valence-electron chi connectivity index (χ2n) is 5.38. The fraction of sp³-hybridized carbons (Fsp3) is 0.375. The average Bonchev–Trinajstić information content (AvgIpc) is 2.96. The Labute approximate surface area is 123 Å². The number of para-hydroxylation sites is 1. The van der Waals surface area contributed by atoms with Gasteiger partial charge in [0.05, 0.1) is 17.3 Å². The summed E-state index contributed by atoms with van der Waals surface area (Å²) in [5.74, 6) is -0.110. The van der Waals surface area contributed by atoms with Gasteiger partial charge in [-0.3, -0.25) is 9.78 Å². The first-order chi connectivity index (χ1) is 10.2. The van der Waals surface area contributed by atoms with E-state index in [9.17, 15) is 4.79 Å². The molecule has 1 aliphatic heterocycles. The van der Waals surface area contributed by atoms with Crippen LogP contribution < -0.4 is 11.1 Å². The molecule has 1 aromatic heterocycles. The van der Waals surface area contributed by atoms with Crippen molar-refractivity contribution in [1.82, 2.24) is 4.98 Å². The minimum atomic E-state index is -0.411. The molecule has 0 saturated carbocycles.